The van der Waals surface area contributed by atoms with Gasteiger partial charge in [-0.05, 0) is 44.9 Å². The van der Waals surface area contributed by atoms with E-state index in [9.17, 15) is 4.39 Å². The Hall–Kier alpha value is -0.450. The largest absolute Gasteiger partial charge is 0.377 e. The van der Waals surface area contributed by atoms with Gasteiger partial charge in [-0.15, -0.1) is 0 Å². The van der Waals surface area contributed by atoms with Crippen LogP contribution in [0.15, 0.2) is 22.7 Å². The first kappa shape index (κ1) is 14.0. The molecule has 2 nitrogen and oxygen atoms in total. The van der Waals surface area contributed by atoms with Crippen LogP contribution in [0, 0.1) is 5.82 Å². The summed E-state index contributed by atoms with van der Waals surface area (Å²) >= 11 is 3.38. The molecule has 3 atom stereocenters. The summed E-state index contributed by atoms with van der Waals surface area (Å²) in [6.07, 6.45) is 2.46. The normalized spacial score (nSPS) is 23.0. The van der Waals surface area contributed by atoms with Crippen LogP contribution in [0.1, 0.15) is 38.3 Å². The predicted molar refractivity (Wildman–Crippen MR) is 74.1 cm³/mol. The van der Waals surface area contributed by atoms with E-state index in [4.69, 9.17) is 4.74 Å². The van der Waals surface area contributed by atoms with E-state index in [0.717, 1.165) is 23.9 Å². The van der Waals surface area contributed by atoms with E-state index in [1.807, 2.05) is 13.0 Å². The minimum Gasteiger partial charge on any atom is -0.377 e. The fourth-order valence-corrected chi connectivity index (χ4v) is 2.81. The Morgan fingerprint density at radius 1 is 1.44 bits per heavy atom. The minimum atomic E-state index is -0.169. The summed E-state index contributed by atoms with van der Waals surface area (Å²) in [7, 11) is 0. The van der Waals surface area contributed by atoms with Gasteiger partial charge in [-0.1, -0.05) is 15.9 Å². The molecule has 0 aliphatic carbocycles. The monoisotopic (exact) mass is 315 g/mol. The van der Waals surface area contributed by atoms with Crippen molar-refractivity contribution < 1.29 is 9.13 Å². The lowest BCUT2D eigenvalue weighted by molar-refractivity contribution is 0.0802. The van der Waals surface area contributed by atoms with Gasteiger partial charge in [0, 0.05) is 28.7 Å². The van der Waals surface area contributed by atoms with Crippen molar-refractivity contribution in [3.63, 3.8) is 0 Å². The van der Waals surface area contributed by atoms with E-state index in [1.54, 1.807) is 6.07 Å². The van der Waals surface area contributed by atoms with Crippen molar-refractivity contribution in [2.75, 3.05) is 6.61 Å². The molecule has 1 fully saturated rings. The average Bonchev–Trinajstić information content (AvgIpc) is 2.85. The highest BCUT2D eigenvalue weighted by Crippen LogP contribution is 2.23. The summed E-state index contributed by atoms with van der Waals surface area (Å²) in [6, 6.07) is 5.25. The van der Waals surface area contributed by atoms with Gasteiger partial charge in [0.15, 0.2) is 0 Å². The molecule has 1 heterocycles. The lowest BCUT2D eigenvalue weighted by Gasteiger charge is -2.25. The van der Waals surface area contributed by atoms with Gasteiger partial charge in [-0.25, -0.2) is 4.39 Å². The van der Waals surface area contributed by atoms with Gasteiger partial charge in [0.1, 0.15) is 5.82 Å². The Labute approximate surface area is 116 Å². The van der Waals surface area contributed by atoms with Crippen LogP contribution in [0.5, 0.6) is 0 Å². The molecule has 2 rings (SSSR count). The Kier molecular flexibility index (Phi) is 4.76. The van der Waals surface area contributed by atoms with Crippen LogP contribution in [0.2, 0.25) is 0 Å². The van der Waals surface area contributed by atoms with Crippen LogP contribution >= 0.6 is 15.9 Å². The third-order valence-electron chi connectivity index (χ3n) is 3.46. The van der Waals surface area contributed by atoms with Crippen LogP contribution in [-0.2, 0) is 4.74 Å². The van der Waals surface area contributed by atoms with Gasteiger partial charge in [-0.2, -0.15) is 0 Å². The lowest BCUT2D eigenvalue weighted by atomic mass is 10.0. The number of halogens is 2. The number of nitrogens with one attached hydrogen (secondary N) is 1. The van der Waals surface area contributed by atoms with Gasteiger partial charge < -0.3 is 10.1 Å². The molecule has 1 aromatic rings. The fourth-order valence-electron chi connectivity index (χ4n) is 2.43. The molecule has 0 aromatic heterocycles. The molecule has 1 aromatic carbocycles. The molecule has 0 spiro atoms. The SMILES string of the molecule is CC(NC(C)C1CCCO1)c1cc(Br)ccc1F. The van der Waals surface area contributed by atoms with Crippen molar-refractivity contribution >= 4 is 15.9 Å². The zero-order valence-electron chi connectivity index (χ0n) is 10.7. The van der Waals surface area contributed by atoms with Gasteiger partial charge in [0.05, 0.1) is 6.10 Å². The predicted octanol–water partition coefficient (Wildman–Crippen LogP) is 3.81. The highest BCUT2D eigenvalue weighted by atomic mass is 79.9. The smallest absolute Gasteiger partial charge is 0.128 e. The third kappa shape index (κ3) is 3.31. The molecule has 1 aliphatic rings. The van der Waals surface area contributed by atoms with Crippen LogP contribution in [0.25, 0.3) is 0 Å². The zero-order chi connectivity index (χ0) is 13.1. The summed E-state index contributed by atoms with van der Waals surface area (Å²) in [5.41, 5.74) is 0.689. The third-order valence-corrected chi connectivity index (χ3v) is 3.95. The Balaban J connectivity index is 2.02. The summed E-state index contributed by atoms with van der Waals surface area (Å²) in [5.74, 6) is -0.169. The standard InChI is InChI=1S/C14H19BrFNO/c1-9(12-8-11(15)5-6-13(12)16)17-10(2)14-4-3-7-18-14/h5-6,8-10,14,17H,3-4,7H2,1-2H3. The first-order valence-electron chi connectivity index (χ1n) is 6.40. The molecular weight excluding hydrogens is 297 g/mol. The molecule has 3 unspecified atom stereocenters. The number of benzene rings is 1. The summed E-state index contributed by atoms with van der Waals surface area (Å²) < 4.78 is 20.3. The van der Waals surface area contributed by atoms with Crippen LogP contribution in [-0.4, -0.2) is 18.8 Å². The van der Waals surface area contributed by atoms with Crippen molar-refractivity contribution in [1.29, 1.82) is 0 Å². The average molecular weight is 316 g/mol. The molecule has 0 radical (unpaired) electrons. The summed E-state index contributed by atoms with van der Waals surface area (Å²) in [4.78, 5) is 0. The van der Waals surface area contributed by atoms with Crippen LogP contribution in [0.3, 0.4) is 0 Å². The summed E-state index contributed by atoms with van der Waals surface area (Å²) in [5, 5.41) is 3.42. The van der Waals surface area contributed by atoms with Crippen molar-refractivity contribution in [1.82, 2.24) is 5.32 Å². The van der Waals surface area contributed by atoms with Crippen molar-refractivity contribution in [3.8, 4) is 0 Å². The van der Waals surface area contributed by atoms with Crippen molar-refractivity contribution in [2.24, 2.45) is 0 Å². The maximum atomic E-state index is 13.8. The molecule has 0 amide bonds. The van der Waals surface area contributed by atoms with Crippen LogP contribution < -0.4 is 5.32 Å². The molecule has 4 heteroatoms. The molecule has 1 aliphatic heterocycles. The Morgan fingerprint density at radius 3 is 2.89 bits per heavy atom. The van der Waals surface area contributed by atoms with Gasteiger partial charge >= 0.3 is 0 Å². The molecule has 0 saturated carbocycles. The van der Waals surface area contributed by atoms with Gasteiger partial charge in [0.2, 0.25) is 0 Å². The highest BCUT2D eigenvalue weighted by Gasteiger charge is 2.24. The van der Waals surface area contributed by atoms with E-state index in [-0.39, 0.29) is 24.0 Å². The quantitative estimate of drug-likeness (QED) is 0.912. The number of ether oxygens (including phenoxy) is 1. The first-order valence-corrected chi connectivity index (χ1v) is 7.20. The Bertz CT molecular complexity index is 407. The van der Waals surface area contributed by atoms with E-state index >= 15 is 0 Å². The van der Waals surface area contributed by atoms with E-state index < -0.39 is 0 Å². The molecule has 18 heavy (non-hydrogen) atoms. The van der Waals surface area contributed by atoms with Crippen molar-refractivity contribution in [2.45, 2.75) is 44.9 Å². The van der Waals surface area contributed by atoms with E-state index in [0.29, 0.717) is 5.56 Å². The Morgan fingerprint density at radius 2 is 2.22 bits per heavy atom. The highest BCUT2D eigenvalue weighted by molar-refractivity contribution is 9.10. The minimum absolute atomic E-state index is 0.0262. The van der Waals surface area contributed by atoms with Gasteiger partial charge in [0.25, 0.3) is 0 Å². The number of hydrogen-bond acceptors (Lipinski definition) is 2. The number of hydrogen-bond donors (Lipinski definition) is 1. The first-order chi connectivity index (χ1) is 8.58. The second kappa shape index (κ2) is 6.13. The summed E-state index contributed by atoms with van der Waals surface area (Å²) in [6.45, 7) is 4.93. The fraction of sp³-hybridized carbons (Fsp3) is 0.571. The van der Waals surface area contributed by atoms with E-state index in [2.05, 4.69) is 28.2 Å². The van der Waals surface area contributed by atoms with Gasteiger partial charge in [-0.3, -0.25) is 0 Å². The second-order valence-corrected chi connectivity index (χ2v) is 5.81. The second-order valence-electron chi connectivity index (χ2n) is 4.89. The molecule has 100 valence electrons. The molecular formula is C14H19BrFNO. The lowest BCUT2D eigenvalue weighted by Crippen LogP contribution is -2.38. The molecule has 0 bridgehead atoms. The molecule has 1 saturated heterocycles. The zero-order valence-corrected chi connectivity index (χ0v) is 12.3. The molecule has 1 N–H and O–H groups in total. The van der Waals surface area contributed by atoms with E-state index in [1.165, 1.54) is 6.07 Å². The number of rotatable bonds is 4. The maximum Gasteiger partial charge on any atom is 0.128 e. The van der Waals surface area contributed by atoms with Crippen molar-refractivity contribution in [3.05, 3.63) is 34.1 Å². The van der Waals surface area contributed by atoms with Crippen LogP contribution in [0.4, 0.5) is 4.39 Å². The maximum absolute atomic E-state index is 13.8. The topological polar surface area (TPSA) is 21.3 Å².